The highest BCUT2D eigenvalue weighted by atomic mass is 32.1. The van der Waals surface area contributed by atoms with E-state index in [2.05, 4.69) is 10.1 Å². The normalized spacial score (nSPS) is 19.3. The molecule has 19 heavy (non-hydrogen) atoms. The summed E-state index contributed by atoms with van der Waals surface area (Å²) in [6.45, 7) is 2.80. The minimum Gasteiger partial charge on any atom is -0.480 e. The number of aliphatic carboxylic acids is 1. The Balaban J connectivity index is 1.87. The van der Waals surface area contributed by atoms with Crippen molar-refractivity contribution >= 4 is 17.3 Å². The molecule has 1 unspecified atom stereocenters. The molecule has 1 N–H and O–H groups in total. The van der Waals surface area contributed by atoms with Crippen molar-refractivity contribution in [2.75, 3.05) is 6.54 Å². The molecular weight excluding hydrogens is 266 g/mol. The van der Waals surface area contributed by atoms with Gasteiger partial charge in [-0.2, -0.15) is 4.98 Å². The number of rotatable bonds is 3. The zero-order valence-electron chi connectivity index (χ0n) is 10.4. The van der Waals surface area contributed by atoms with Crippen molar-refractivity contribution in [1.29, 1.82) is 0 Å². The van der Waals surface area contributed by atoms with E-state index in [0.29, 0.717) is 24.8 Å². The first-order chi connectivity index (χ1) is 9.15. The molecule has 1 atom stereocenters. The van der Waals surface area contributed by atoms with Gasteiger partial charge in [0.1, 0.15) is 6.04 Å². The number of fused-ring (bicyclic) bond motifs is 1. The molecule has 0 fully saturated rings. The van der Waals surface area contributed by atoms with Crippen LogP contribution in [0.15, 0.2) is 16.0 Å². The molecule has 3 rings (SSSR count). The van der Waals surface area contributed by atoms with E-state index in [-0.39, 0.29) is 0 Å². The van der Waals surface area contributed by atoms with Crippen molar-refractivity contribution in [3.05, 3.63) is 33.6 Å². The predicted octanol–water partition coefficient (Wildman–Crippen LogP) is 1.62. The first-order valence-electron chi connectivity index (χ1n) is 5.97. The van der Waals surface area contributed by atoms with Gasteiger partial charge in [0.15, 0.2) is 5.82 Å². The van der Waals surface area contributed by atoms with Gasteiger partial charge in [-0.25, -0.2) is 0 Å². The van der Waals surface area contributed by atoms with Crippen molar-refractivity contribution in [3.63, 3.8) is 0 Å². The summed E-state index contributed by atoms with van der Waals surface area (Å²) < 4.78 is 5.07. The number of hydrogen-bond acceptors (Lipinski definition) is 6. The highest BCUT2D eigenvalue weighted by Crippen LogP contribution is 2.34. The third-order valence-electron chi connectivity index (χ3n) is 3.21. The Bertz CT molecular complexity index is 607. The summed E-state index contributed by atoms with van der Waals surface area (Å²) in [4.78, 5) is 18.7. The summed E-state index contributed by atoms with van der Waals surface area (Å²) in [5, 5.41) is 15.1. The molecule has 0 amide bonds. The van der Waals surface area contributed by atoms with Crippen LogP contribution >= 0.6 is 11.3 Å². The molecule has 0 aromatic carbocycles. The van der Waals surface area contributed by atoms with Gasteiger partial charge in [-0.15, -0.1) is 11.3 Å². The van der Waals surface area contributed by atoms with Gasteiger partial charge >= 0.3 is 5.97 Å². The quantitative estimate of drug-likeness (QED) is 0.919. The topological polar surface area (TPSA) is 79.5 Å². The number of thiophene rings is 1. The van der Waals surface area contributed by atoms with Crippen LogP contribution < -0.4 is 0 Å². The molecule has 6 nitrogen and oxygen atoms in total. The Morgan fingerprint density at radius 3 is 3.21 bits per heavy atom. The maximum Gasteiger partial charge on any atom is 0.325 e. The van der Waals surface area contributed by atoms with Gasteiger partial charge in [-0.05, 0) is 30.4 Å². The molecule has 1 aliphatic heterocycles. The molecule has 0 spiro atoms. The van der Waals surface area contributed by atoms with Gasteiger partial charge in [-0.1, -0.05) is 5.16 Å². The number of carboxylic acids is 1. The summed E-state index contributed by atoms with van der Waals surface area (Å²) in [5.41, 5.74) is 0.889. The van der Waals surface area contributed by atoms with Crippen molar-refractivity contribution in [3.8, 4) is 0 Å². The van der Waals surface area contributed by atoms with E-state index < -0.39 is 12.0 Å². The monoisotopic (exact) mass is 279 g/mol. The van der Waals surface area contributed by atoms with Crippen LogP contribution in [0.4, 0.5) is 0 Å². The number of nitrogens with zero attached hydrogens (tertiary/aromatic N) is 3. The van der Waals surface area contributed by atoms with Crippen LogP contribution in [0.3, 0.4) is 0 Å². The van der Waals surface area contributed by atoms with Crippen LogP contribution in [0, 0.1) is 6.92 Å². The lowest BCUT2D eigenvalue weighted by molar-refractivity contribution is -0.144. The second kappa shape index (κ2) is 4.75. The molecule has 3 heterocycles. The molecule has 0 saturated carbocycles. The zero-order valence-corrected chi connectivity index (χ0v) is 11.2. The second-order valence-corrected chi connectivity index (χ2v) is 5.50. The fraction of sp³-hybridized carbons (Fsp3) is 0.417. The van der Waals surface area contributed by atoms with E-state index in [1.807, 2.05) is 16.3 Å². The lowest BCUT2D eigenvalue weighted by atomic mass is 10.00. The number of carbonyl (C=O) groups is 1. The van der Waals surface area contributed by atoms with Crippen LogP contribution in [-0.4, -0.2) is 32.7 Å². The van der Waals surface area contributed by atoms with E-state index >= 15 is 0 Å². The van der Waals surface area contributed by atoms with Crippen LogP contribution in [0.1, 0.15) is 28.2 Å². The third kappa shape index (κ3) is 2.26. The molecule has 100 valence electrons. The predicted molar refractivity (Wildman–Crippen MR) is 67.8 cm³/mol. The standard InChI is InChI=1S/C12H13N3O3S/c1-7-13-10(18-14-7)6-15-4-2-9-8(3-5-19-9)11(15)12(16)17/h3,5,11H,2,4,6H2,1H3,(H,16,17). The van der Waals surface area contributed by atoms with Crippen LogP contribution in [0.5, 0.6) is 0 Å². The van der Waals surface area contributed by atoms with Gasteiger partial charge in [0.05, 0.1) is 6.54 Å². The van der Waals surface area contributed by atoms with E-state index in [1.54, 1.807) is 18.3 Å². The molecular formula is C12H13N3O3S. The highest BCUT2D eigenvalue weighted by molar-refractivity contribution is 7.10. The average molecular weight is 279 g/mol. The first-order valence-corrected chi connectivity index (χ1v) is 6.85. The van der Waals surface area contributed by atoms with Gasteiger partial charge in [-0.3, -0.25) is 9.69 Å². The van der Waals surface area contributed by atoms with Crippen molar-refractivity contribution in [2.45, 2.75) is 25.9 Å². The second-order valence-electron chi connectivity index (χ2n) is 4.50. The average Bonchev–Trinajstić information content (AvgIpc) is 2.97. The fourth-order valence-electron chi connectivity index (χ4n) is 2.41. The number of hydrogen-bond donors (Lipinski definition) is 1. The molecule has 0 radical (unpaired) electrons. The Hall–Kier alpha value is -1.73. The third-order valence-corrected chi connectivity index (χ3v) is 4.20. The summed E-state index contributed by atoms with van der Waals surface area (Å²) in [5.74, 6) is 0.188. The Morgan fingerprint density at radius 2 is 2.53 bits per heavy atom. The first kappa shape index (κ1) is 12.3. The van der Waals surface area contributed by atoms with E-state index in [0.717, 1.165) is 16.9 Å². The smallest absolute Gasteiger partial charge is 0.325 e. The van der Waals surface area contributed by atoms with Gasteiger partial charge in [0.2, 0.25) is 5.89 Å². The van der Waals surface area contributed by atoms with Crippen LogP contribution in [-0.2, 0) is 17.8 Å². The number of carboxylic acid groups (broad SMARTS) is 1. The van der Waals surface area contributed by atoms with Gasteiger partial charge in [0.25, 0.3) is 0 Å². The van der Waals surface area contributed by atoms with Crippen molar-refractivity contribution in [2.24, 2.45) is 0 Å². The molecule has 7 heteroatoms. The number of aromatic nitrogens is 2. The molecule has 2 aromatic heterocycles. The van der Waals surface area contributed by atoms with E-state index in [1.165, 1.54) is 0 Å². The van der Waals surface area contributed by atoms with Gasteiger partial charge < -0.3 is 9.63 Å². The molecule has 1 aliphatic rings. The Labute approximate surface area is 113 Å². The summed E-state index contributed by atoms with van der Waals surface area (Å²) >= 11 is 1.62. The SMILES string of the molecule is Cc1noc(CN2CCc3sccc3C2C(=O)O)n1. The van der Waals surface area contributed by atoms with Crippen LogP contribution in [0.25, 0.3) is 0 Å². The van der Waals surface area contributed by atoms with Crippen molar-refractivity contribution in [1.82, 2.24) is 15.0 Å². The largest absolute Gasteiger partial charge is 0.480 e. The molecule has 0 aliphatic carbocycles. The Kier molecular flexibility index (Phi) is 3.08. The number of aryl methyl sites for hydroxylation is 1. The maximum atomic E-state index is 11.5. The van der Waals surface area contributed by atoms with E-state index in [4.69, 9.17) is 4.52 Å². The zero-order chi connectivity index (χ0) is 13.4. The summed E-state index contributed by atoms with van der Waals surface area (Å²) in [6.07, 6.45) is 0.865. The van der Waals surface area contributed by atoms with E-state index in [9.17, 15) is 9.90 Å². The summed E-state index contributed by atoms with van der Waals surface area (Å²) in [6, 6.07) is 1.27. The molecule has 0 saturated heterocycles. The summed E-state index contributed by atoms with van der Waals surface area (Å²) in [7, 11) is 0. The lowest BCUT2D eigenvalue weighted by Gasteiger charge is -2.31. The molecule has 2 aromatic rings. The lowest BCUT2D eigenvalue weighted by Crippen LogP contribution is -2.38. The van der Waals surface area contributed by atoms with Crippen molar-refractivity contribution < 1.29 is 14.4 Å². The van der Waals surface area contributed by atoms with Gasteiger partial charge in [0, 0.05) is 11.4 Å². The minimum atomic E-state index is -0.837. The maximum absolute atomic E-state index is 11.5. The fourth-order valence-corrected chi connectivity index (χ4v) is 3.31. The highest BCUT2D eigenvalue weighted by Gasteiger charge is 2.34. The molecule has 0 bridgehead atoms. The van der Waals surface area contributed by atoms with Crippen LogP contribution in [0.2, 0.25) is 0 Å². The Morgan fingerprint density at radius 1 is 1.68 bits per heavy atom. The minimum absolute atomic E-state index is 0.368.